The van der Waals surface area contributed by atoms with Crippen LogP contribution in [0.1, 0.15) is 45.6 Å². The van der Waals surface area contributed by atoms with E-state index in [2.05, 4.69) is 10.6 Å². The van der Waals surface area contributed by atoms with E-state index in [1.54, 1.807) is 20.8 Å². The minimum absolute atomic E-state index is 0.166. The summed E-state index contributed by atoms with van der Waals surface area (Å²) < 4.78 is 0. The first-order chi connectivity index (χ1) is 13.1. The molecule has 0 aromatic heterocycles. The first-order valence-electron chi connectivity index (χ1n) is 9.31. The van der Waals surface area contributed by atoms with E-state index < -0.39 is 34.8 Å². The Bertz CT molecular complexity index is 672. The summed E-state index contributed by atoms with van der Waals surface area (Å²) in [6, 6.07) is 9.81. The third-order valence-corrected chi connectivity index (χ3v) is 4.74. The second-order valence-electron chi connectivity index (χ2n) is 7.79. The van der Waals surface area contributed by atoms with Crippen LogP contribution in [-0.4, -0.2) is 40.8 Å². The summed E-state index contributed by atoms with van der Waals surface area (Å²) in [7, 11) is 1.34. The zero-order valence-corrected chi connectivity index (χ0v) is 16.9. The van der Waals surface area contributed by atoms with Crippen LogP contribution < -0.4 is 16.1 Å². The average Bonchev–Trinajstić information content (AvgIpc) is 2.66. The molecule has 5 N–H and O–H groups in total. The molecular weight excluding hydrogens is 362 g/mol. The zero-order valence-electron chi connectivity index (χ0n) is 16.9. The zero-order chi connectivity index (χ0) is 21.4. The van der Waals surface area contributed by atoms with Crippen molar-refractivity contribution in [1.29, 1.82) is 0 Å². The third kappa shape index (κ3) is 6.03. The molecule has 1 aromatic carbocycles. The monoisotopic (exact) mass is 393 g/mol. The fourth-order valence-corrected chi connectivity index (χ4v) is 2.81. The Hall–Kier alpha value is -2.45. The van der Waals surface area contributed by atoms with Gasteiger partial charge in [-0.3, -0.25) is 19.6 Å². The normalized spacial score (nSPS) is 14.5. The molecule has 0 unspecified atom stereocenters. The summed E-state index contributed by atoms with van der Waals surface area (Å²) in [6.45, 7) is 4.76. The molecule has 1 rings (SSSR count). The van der Waals surface area contributed by atoms with Crippen molar-refractivity contribution < 1.29 is 24.7 Å². The van der Waals surface area contributed by atoms with Crippen molar-refractivity contribution in [3.8, 4) is 0 Å². The van der Waals surface area contributed by atoms with Gasteiger partial charge in [-0.15, -0.1) is 0 Å². The lowest BCUT2D eigenvalue weighted by molar-refractivity contribution is -0.166. The molecule has 0 saturated carbocycles. The molecule has 0 aliphatic rings. The van der Waals surface area contributed by atoms with Crippen LogP contribution in [0.2, 0.25) is 0 Å². The fourth-order valence-electron chi connectivity index (χ4n) is 2.81. The molecule has 8 nitrogen and oxygen atoms in total. The SMILES string of the molecule is CNC(=O)[C@](O)(NC(=O)[C@H](CCCCc1ccccc1)C(=O)NO)C(C)(C)C. The van der Waals surface area contributed by atoms with Crippen molar-refractivity contribution in [3.63, 3.8) is 0 Å². The van der Waals surface area contributed by atoms with E-state index in [0.29, 0.717) is 6.42 Å². The lowest BCUT2D eigenvalue weighted by Crippen LogP contribution is -2.66. The second-order valence-corrected chi connectivity index (χ2v) is 7.79. The predicted molar refractivity (Wildman–Crippen MR) is 104 cm³/mol. The van der Waals surface area contributed by atoms with Crippen molar-refractivity contribution in [2.75, 3.05) is 7.05 Å². The van der Waals surface area contributed by atoms with Gasteiger partial charge >= 0.3 is 0 Å². The molecule has 0 aliphatic carbocycles. The number of benzene rings is 1. The van der Waals surface area contributed by atoms with Gasteiger partial charge < -0.3 is 15.7 Å². The Kier molecular flexibility index (Phi) is 8.59. The number of unbranched alkanes of at least 4 members (excludes halogenated alkanes) is 1. The number of amides is 3. The van der Waals surface area contributed by atoms with E-state index >= 15 is 0 Å². The molecule has 3 amide bonds. The summed E-state index contributed by atoms with van der Waals surface area (Å²) in [5.41, 5.74) is -0.603. The van der Waals surface area contributed by atoms with Crippen LogP contribution in [0.4, 0.5) is 0 Å². The van der Waals surface area contributed by atoms with Gasteiger partial charge in [-0.2, -0.15) is 0 Å². The molecule has 0 saturated heterocycles. The summed E-state index contributed by atoms with van der Waals surface area (Å²) >= 11 is 0. The number of nitrogens with one attached hydrogen (secondary N) is 3. The molecular formula is C20H31N3O5. The largest absolute Gasteiger partial charge is 0.363 e. The highest BCUT2D eigenvalue weighted by atomic mass is 16.5. The van der Waals surface area contributed by atoms with Gasteiger partial charge in [-0.25, -0.2) is 5.48 Å². The van der Waals surface area contributed by atoms with Crippen LogP contribution >= 0.6 is 0 Å². The number of hydroxylamine groups is 1. The van der Waals surface area contributed by atoms with E-state index in [4.69, 9.17) is 5.21 Å². The molecule has 0 heterocycles. The van der Waals surface area contributed by atoms with Crippen molar-refractivity contribution in [2.24, 2.45) is 11.3 Å². The highest BCUT2D eigenvalue weighted by Crippen LogP contribution is 2.29. The highest BCUT2D eigenvalue weighted by Gasteiger charge is 2.49. The van der Waals surface area contributed by atoms with E-state index in [9.17, 15) is 19.5 Å². The molecule has 0 spiro atoms. The number of likely N-dealkylation sites (N-methyl/N-ethyl adjacent to an activating group) is 1. The van der Waals surface area contributed by atoms with Crippen molar-refractivity contribution in [2.45, 2.75) is 52.2 Å². The van der Waals surface area contributed by atoms with Gasteiger partial charge in [0.05, 0.1) is 0 Å². The minimum Gasteiger partial charge on any atom is -0.363 e. The fraction of sp³-hybridized carbons (Fsp3) is 0.550. The Morgan fingerprint density at radius 2 is 1.64 bits per heavy atom. The Morgan fingerprint density at radius 1 is 1.04 bits per heavy atom. The van der Waals surface area contributed by atoms with Crippen LogP contribution in [0.15, 0.2) is 30.3 Å². The van der Waals surface area contributed by atoms with Crippen molar-refractivity contribution in [3.05, 3.63) is 35.9 Å². The third-order valence-electron chi connectivity index (χ3n) is 4.74. The maximum atomic E-state index is 12.7. The standard InChI is InChI=1S/C20H31N3O5/c1-19(2,3)20(27,18(26)21-4)22-16(24)15(17(25)23-28)13-9-8-12-14-10-6-5-7-11-14/h5-7,10-11,15,27-28H,8-9,12-13H2,1-4H3,(H,21,26)(H,22,24)(H,23,25)/t15-,20+/m0/s1. The van der Waals surface area contributed by atoms with E-state index in [1.807, 2.05) is 30.3 Å². The van der Waals surface area contributed by atoms with Gasteiger partial charge in [0.2, 0.25) is 11.6 Å². The van der Waals surface area contributed by atoms with Gasteiger partial charge in [-0.1, -0.05) is 57.5 Å². The molecule has 0 fully saturated rings. The number of carbonyl (C=O) groups is 3. The van der Waals surface area contributed by atoms with Crippen LogP contribution in [-0.2, 0) is 20.8 Å². The lowest BCUT2D eigenvalue weighted by atomic mass is 9.81. The first kappa shape index (κ1) is 23.6. The van der Waals surface area contributed by atoms with E-state index in [-0.39, 0.29) is 6.42 Å². The van der Waals surface area contributed by atoms with E-state index in [1.165, 1.54) is 12.5 Å². The molecule has 1 aromatic rings. The van der Waals surface area contributed by atoms with Gasteiger partial charge in [-0.05, 0) is 24.8 Å². The van der Waals surface area contributed by atoms with Crippen LogP contribution in [0.3, 0.4) is 0 Å². The van der Waals surface area contributed by atoms with Crippen molar-refractivity contribution in [1.82, 2.24) is 16.1 Å². The van der Waals surface area contributed by atoms with Crippen LogP contribution in [0, 0.1) is 11.3 Å². The number of aliphatic hydroxyl groups is 1. The Labute approximate surface area is 165 Å². The van der Waals surface area contributed by atoms with Crippen LogP contribution in [0.25, 0.3) is 0 Å². The topological polar surface area (TPSA) is 128 Å². The number of rotatable bonds is 9. The summed E-state index contributed by atoms with van der Waals surface area (Å²) in [5.74, 6) is -3.74. The molecule has 8 heteroatoms. The summed E-state index contributed by atoms with van der Waals surface area (Å²) in [6.07, 6.45) is 2.25. The van der Waals surface area contributed by atoms with Gasteiger partial charge in [0.15, 0.2) is 0 Å². The van der Waals surface area contributed by atoms with Gasteiger partial charge in [0, 0.05) is 12.5 Å². The number of hydrogen-bond acceptors (Lipinski definition) is 5. The number of hydrogen-bond donors (Lipinski definition) is 5. The van der Waals surface area contributed by atoms with Gasteiger partial charge in [0.1, 0.15) is 5.92 Å². The molecule has 0 bridgehead atoms. The number of aryl methyl sites for hydroxylation is 1. The smallest absolute Gasteiger partial charge is 0.273 e. The lowest BCUT2D eigenvalue weighted by Gasteiger charge is -2.39. The molecule has 0 aliphatic heterocycles. The first-order valence-corrected chi connectivity index (χ1v) is 9.31. The minimum atomic E-state index is -2.21. The quantitative estimate of drug-likeness (QED) is 0.141. The Morgan fingerprint density at radius 3 is 2.14 bits per heavy atom. The highest BCUT2D eigenvalue weighted by molar-refractivity contribution is 6.02. The maximum Gasteiger partial charge on any atom is 0.273 e. The van der Waals surface area contributed by atoms with E-state index in [0.717, 1.165) is 18.4 Å². The molecule has 0 radical (unpaired) electrons. The molecule has 156 valence electrons. The van der Waals surface area contributed by atoms with Gasteiger partial charge in [0.25, 0.3) is 11.8 Å². The van der Waals surface area contributed by atoms with Crippen molar-refractivity contribution >= 4 is 17.7 Å². The Balaban J connectivity index is 2.81. The predicted octanol–water partition coefficient (Wildman–Crippen LogP) is 1.12. The average molecular weight is 393 g/mol. The second kappa shape index (κ2) is 10.2. The molecule has 28 heavy (non-hydrogen) atoms. The number of carbonyl (C=O) groups excluding carboxylic acids is 3. The summed E-state index contributed by atoms with van der Waals surface area (Å²) in [5, 5.41) is 24.4. The summed E-state index contributed by atoms with van der Waals surface area (Å²) in [4.78, 5) is 36.8. The maximum absolute atomic E-state index is 12.7. The van der Waals surface area contributed by atoms with Crippen LogP contribution in [0.5, 0.6) is 0 Å². The molecule has 2 atom stereocenters.